The molecule has 2 aromatic heterocycles. The number of anilines is 1. The number of nitrogen functional groups attached to an aromatic ring is 1. The Hall–Kier alpha value is -3.40. The number of aryl methyl sites for hydroxylation is 1. The van der Waals surface area contributed by atoms with Crippen molar-refractivity contribution in [2.24, 2.45) is 0 Å². The SMILES string of the molecule is Cc1cc(N)c2nc1OCCCC=CCC(OCc1ccccc1)(C(F)(F)F)c1nnc-2o1. The van der Waals surface area contributed by atoms with E-state index in [1.165, 1.54) is 6.08 Å². The molecule has 1 atom stereocenters. The Bertz CT molecular complexity index is 1130. The first-order valence-corrected chi connectivity index (χ1v) is 10.4. The van der Waals surface area contributed by atoms with Crippen LogP contribution in [0.2, 0.25) is 0 Å². The van der Waals surface area contributed by atoms with Gasteiger partial charge in [0.15, 0.2) is 5.69 Å². The maximum absolute atomic E-state index is 14.5. The first kappa shape index (κ1) is 22.8. The summed E-state index contributed by atoms with van der Waals surface area (Å²) in [5.41, 5.74) is 4.72. The van der Waals surface area contributed by atoms with Crippen molar-refractivity contribution in [1.29, 1.82) is 0 Å². The minimum Gasteiger partial charge on any atom is -0.477 e. The number of pyridine rings is 1. The van der Waals surface area contributed by atoms with Gasteiger partial charge in [0.2, 0.25) is 11.5 Å². The molecule has 1 aliphatic rings. The molecule has 3 aromatic rings. The molecular formula is C23H23F3N4O3. The number of allylic oxidation sites excluding steroid dienone is 1. The van der Waals surface area contributed by atoms with E-state index in [0.29, 0.717) is 36.5 Å². The maximum Gasteiger partial charge on any atom is 0.426 e. The van der Waals surface area contributed by atoms with Gasteiger partial charge >= 0.3 is 6.18 Å². The Labute approximate surface area is 188 Å². The first-order chi connectivity index (χ1) is 15.8. The second kappa shape index (κ2) is 9.22. The molecule has 1 aromatic carbocycles. The summed E-state index contributed by atoms with van der Waals surface area (Å²) in [5.74, 6) is -0.653. The zero-order valence-electron chi connectivity index (χ0n) is 17.9. The predicted molar refractivity (Wildman–Crippen MR) is 114 cm³/mol. The van der Waals surface area contributed by atoms with Crippen LogP contribution in [0.4, 0.5) is 18.9 Å². The molecule has 0 saturated heterocycles. The largest absolute Gasteiger partial charge is 0.477 e. The average Bonchev–Trinajstić information content (AvgIpc) is 3.26. The lowest BCUT2D eigenvalue weighted by Gasteiger charge is -2.31. The molecule has 7 nitrogen and oxygen atoms in total. The third-order valence-electron chi connectivity index (χ3n) is 5.28. The highest BCUT2D eigenvalue weighted by Gasteiger charge is 2.60. The van der Waals surface area contributed by atoms with Crippen molar-refractivity contribution >= 4 is 5.69 Å². The van der Waals surface area contributed by atoms with Gasteiger partial charge in [0, 0.05) is 12.0 Å². The van der Waals surface area contributed by atoms with Gasteiger partial charge in [-0.1, -0.05) is 42.5 Å². The second-order valence-corrected chi connectivity index (χ2v) is 7.73. The second-order valence-electron chi connectivity index (χ2n) is 7.73. The van der Waals surface area contributed by atoms with E-state index in [1.54, 1.807) is 49.4 Å². The van der Waals surface area contributed by atoms with Gasteiger partial charge in [-0.3, -0.25) is 0 Å². The van der Waals surface area contributed by atoms with Crippen LogP contribution < -0.4 is 10.5 Å². The van der Waals surface area contributed by atoms with Gasteiger partial charge in [-0.15, -0.1) is 10.2 Å². The van der Waals surface area contributed by atoms with Gasteiger partial charge < -0.3 is 19.6 Å². The maximum atomic E-state index is 14.5. The Morgan fingerprint density at radius 1 is 1.15 bits per heavy atom. The Morgan fingerprint density at radius 3 is 2.70 bits per heavy atom. The number of hydrogen-bond acceptors (Lipinski definition) is 7. The summed E-state index contributed by atoms with van der Waals surface area (Å²) < 4.78 is 60.4. The molecular weight excluding hydrogens is 437 g/mol. The molecule has 1 unspecified atom stereocenters. The van der Waals surface area contributed by atoms with Crippen molar-refractivity contribution in [2.45, 2.75) is 44.6 Å². The molecule has 0 saturated carbocycles. The van der Waals surface area contributed by atoms with Gasteiger partial charge in [0.05, 0.1) is 18.9 Å². The van der Waals surface area contributed by atoms with E-state index in [2.05, 4.69) is 15.2 Å². The van der Waals surface area contributed by atoms with Crippen molar-refractivity contribution in [1.82, 2.24) is 15.2 Å². The molecule has 0 aliphatic carbocycles. The molecule has 0 amide bonds. The highest BCUT2D eigenvalue weighted by atomic mass is 19.4. The summed E-state index contributed by atoms with van der Waals surface area (Å²) in [4.78, 5) is 4.33. The van der Waals surface area contributed by atoms with Crippen LogP contribution in [0.5, 0.6) is 5.88 Å². The van der Waals surface area contributed by atoms with Gasteiger partial charge in [0.25, 0.3) is 11.8 Å². The number of aromatic nitrogens is 3. The lowest BCUT2D eigenvalue weighted by molar-refractivity contribution is -0.295. The number of nitrogens with two attached hydrogens (primary N) is 1. The van der Waals surface area contributed by atoms with E-state index in [-0.39, 0.29) is 23.9 Å². The fourth-order valence-electron chi connectivity index (χ4n) is 3.46. The zero-order chi connectivity index (χ0) is 23.5. The number of hydrogen-bond donors (Lipinski definition) is 1. The molecule has 33 heavy (non-hydrogen) atoms. The van der Waals surface area contributed by atoms with Gasteiger partial charge in [-0.2, -0.15) is 13.2 Å². The van der Waals surface area contributed by atoms with E-state index >= 15 is 0 Å². The van der Waals surface area contributed by atoms with Crippen LogP contribution >= 0.6 is 0 Å². The number of ether oxygens (including phenoxy) is 2. The van der Waals surface area contributed by atoms with Crippen molar-refractivity contribution in [3.8, 4) is 17.5 Å². The minimum atomic E-state index is -4.84. The molecule has 0 radical (unpaired) electrons. The summed E-state index contributed by atoms with van der Waals surface area (Å²) >= 11 is 0. The molecule has 0 spiro atoms. The normalized spacial score (nSPS) is 19.0. The Morgan fingerprint density at radius 2 is 1.94 bits per heavy atom. The average molecular weight is 460 g/mol. The number of nitrogens with zero attached hydrogens (tertiary/aromatic N) is 3. The highest BCUT2D eigenvalue weighted by Crippen LogP contribution is 2.46. The van der Waals surface area contributed by atoms with Crippen LogP contribution in [0.15, 0.2) is 53.0 Å². The van der Waals surface area contributed by atoms with E-state index in [0.717, 1.165) is 0 Å². The summed E-state index contributed by atoms with van der Waals surface area (Å²) in [6, 6.07) is 10.2. The van der Waals surface area contributed by atoms with Crippen LogP contribution in [0, 0.1) is 6.92 Å². The van der Waals surface area contributed by atoms with E-state index in [1.807, 2.05) is 0 Å². The predicted octanol–water partition coefficient (Wildman–Crippen LogP) is 5.12. The molecule has 0 fully saturated rings. The van der Waals surface area contributed by atoms with Crippen molar-refractivity contribution in [2.75, 3.05) is 12.3 Å². The van der Waals surface area contributed by atoms with Crippen molar-refractivity contribution in [3.05, 3.63) is 65.6 Å². The third-order valence-corrected chi connectivity index (χ3v) is 5.28. The van der Waals surface area contributed by atoms with Crippen LogP contribution in [0.25, 0.3) is 11.6 Å². The zero-order valence-corrected chi connectivity index (χ0v) is 17.9. The fourth-order valence-corrected chi connectivity index (χ4v) is 3.46. The van der Waals surface area contributed by atoms with Crippen LogP contribution in [-0.2, 0) is 16.9 Å². The van der Waals surface area contributed by atoms with Crippen LogP contribution in [0.3, 0.4) is 0 Å². The van der Waals surface area contributed by atoms with Gasteiger partial charge in [-0.25, -0.2) is 4.98 Å². The number of fused-ring (bicyclic) bond motifs is 5. The number of halogens is 3. The topological polar surface area (TPSA) is 96.3 Å². The molecule has 4 bridgehead atoms. The van der Waals surface area contributed by atoms with E-state index in [9.17, 15) is 13.2 Å². The Kier molecular flexibility index (Phi) is 6.37. The van der Waals surface area contributed by atoms with Crippen LogP contribution in [0.1, 0.15) is 36.3 Å². The van der Waals surface area contributed by atoms with E-state index < -0.39 is 24.1 Å². The Balaban J connectivity index is 1.81. The highest BCUT2D eigenvalue weighted by molar-refractivity contribution is 5.67. The van der Waals surface area contributed by atoms with Crippen molar-refractivity contribution in [3.63, 3.8) is 0 Å². The minimum absolute atomic E-state index is 0.0566. The summed E-state index contributed by atoms with van der Waals surface area (Å²) in [5, 5.41) is 7.54. The summed E-state index contributed by atoms with van der Waals surface area (Å²) in [7, 11) is 0. The smallest absolute Gasteiger partial charge is 0.426 e. The first-order valence-electron chi connectivity index (χ1n) is 10.4. The lowest BCUT2D eigenvalue weighted by atomic mass is 9.97. The van der Waals surface area contributed by atoms with Crippen LogP contribution in [-0.4, -0.2) is 28.0 Å². The number of alkyl halides is 3. The monoisotopic (exact) mass is 460 g/mol. The standard InChI is InChI=1S/C23H23F3N4O3/c1-15-13-17(27)18-20-29-30-21(33-20)22(23(24,25)26,32-14-16-9-5-4-6-10-16)11-7-2-3-8-12-31-19(15)28-18/h2,4-7,9-10,13H,3,8,11-12,14,27H2,1H3. The molecule has 1 aliphatic heterocycles. The molecule has 10 heteroatoms. The number of benzene rings is 1. The number of rotatable bonds is 3. The summed E-state index contributed by atoms with van der Waals surface area (Å²) in [6.07, 6.45) is -1.18. The quantitative estimate of drug-likeness (QED) is 0.542. The van der Waals surface area contributed by atoms with Gasteiger partial charge in [-0.05, 0) is 31.4 Å². The molecule has 4 rings (SSSR count). The molecule has 174 valence electrons. The molecule has 3 heterocycles. The lowest BCUT2D eigenvalue weighted by Crippen LogP contribution is -2.45. The third kappa shape index (κ3) is 4.70. The fraction of sp³-hybridized carbons (Fsp3) is 0.348. The molecule has 2 N–H and O–H groups in total. The van der Waals surface area contributed by atoms with E-state index in [4.69, 9.17) is 19.6 Å². The van der Waals surface area contributed by atoms with Gasteiger partial charge in [0.1, 0.15) is 0 Å². The summed E-state index contributed by atoms with van der Waals surface area (Å²) in [6.45, 7) is 1.82. The van der Waals surface area contributed by atoms with Crippen molar-refractivity contribution < 1.29 is 27.1 Å².